The molecule has 4 rings (SSSR count). The van der Waals surface area contributed by atoms with Crippen LogP contribution < -0.4 is 5.32 Å². The first-order chi connectivity index (χ1) is 16.2. The Balaban J connectivity index is 2.02. The Kier molecular flexibility index (Phi) is 6.46. The Morgan fingerprint density at radius 2 is 1.94 bits per heavy atom. The lowest BCUT2D eigenvalue weighted by atomic mass is 9.99. The SMILES string of the molecule is CCC(F)(F)c1c(-c2onc(-c3c(F)cccc3Cl)c2C(=S)NC)cnn1-c1cccc(F)c1. The molecule has 0 radical (unpaired) electrons. The topological polar surface area (TPSA) is 55.9 Å². The Morgan fingerprint density at radius 3 is 2.59 bits per heavy atom. The summed E-state index contributed by atoms with van der Waals surface area (Å²) >= 11 is 11.6. The van der Waals surface area contributed by atoms with E-state index in [0.717, 1.165) is 16.9 Å². The summed E-state index contributed by atoms with van der Waals surface area (Å²) in [6.07, 6.45) is 0.575. The number of thiocarbonyl (C=S) groups is 1. The van der Waals surface area contributed by atoms with Crippen LogP contribution in [0.5, 0.6) is 0 Å². The first kappa shape index (κ1) is 23.9. The van der Waals surface area contributed by atoms with E-state index in [4.69, 9.17) is 28.3 Å². The molecular weight excluding hydrogens is 492 g/mol. The van der Waals surface area contributed by atoms with Gasteiger partial charge in [0.05, 0.1) is 33.6 Å². The lowest BCUT2D eigenvalue weighted by Gasteiger charge is -2.18. The van der Waals surface area contributed by atoms with Gasteiger partial charge in [-0.1, -0.05) is 48.0 Å². The summed E-state index contributed by atoms with van der Waals surface area (Å²) in [6.45, 7) is 1.30. The molecule has 34 heavy (non-hydrogen) atoms. The van der Waals surface area contributed by atoms with Crippen molar-refractivity contribution < 1.29 is 22.1 Å². The molecule has 176 valence electrons. The zero-order chi connectivity index (χ0) is 24.6. The molecule has 4 aromatic rings. The van der Waals surface area contributed by atoms with E-state index in [0.29, 0.717) is 0 Å². The minimum Gasteiger partial charge on any atom is -0.379 e. The molecule has 0 aliphatic carbocycles. The Hall–Kier alpha value is -3.24. The van der Waals surface area contributed by atoms with Crippen molar-refractivity contribution in [2.75, 3.05) is 7.05 Å². The molecule has 0 amide bonds. The second kappa shape index (κ2) is 9.19. The lowest BCUT2D eigenvalue weighted by Crippen LogP contribution is -2.20. The van der Waals surface area contributed by atoms with Gasteiger partial charge in [0.2, 0.25) is 0 Å². The van der Waals surface area contributed by atoms with E-state index in [2.05, 4.69) is 15.6 Å². The van der Waals surface area contributed by atoms with Gasteiger partial charge in [-0.05, 0) is 30.3 Å². The highest BCUT2D eigenvalue weighted by Crippen LogP contribution is 2.43. The van der Waals surface area contributed by atoms with Crippen LogP contribution in [0.4, 0.5) is 17.6 Å². The van der Waals surface area contributed by atoms with Crippen molar-refractivity contribution in [1.29, 1.82) is 0 Å². The van der Waals surface area contributed by atoms with Gasteiger partial charge in [-0.3, -0.25) is 0 Å². The number of halogens is 5. The molecule has 0 saturated heterocycles. The second-order valence-corrected chi connectivity index (χ2v) is 8.08. The number of aromatic nitrogens is 3. The number of nitrogens with zero attached hydrogens (tertiary/aromatic N) is 3. The van der Waals surface area contributed by atoms with Gasteiger partial charge >= 0.3 is 0 Å². The summed E-state index contributed by atoms with van der Waals surface area (Å²) in [6, 6.07) is 9.15. The van der Waals surface area contributed by atoms with Gasteiger partial charge in [-0.2, -0.15) is 13.9 Å². The average Bonchev–Trinajstić information content (AvgIpc) is 3.43. The second-order valence-electron chi connectivity index (χ2n) is 7.27. The summed E-state index contributed by atoms with van der Waals surface area (Å²) in [5.41, 5.74) is -0.673. The van der Waals surface area contributed by atoms with E-state index in [-0.39, 0.29) is 43.8 Å². The lowest BCUT2D eigenvalue weighted by molar-refractivity contribution is -0.0146. The molecule has 2 aromatic heterocycles. The number of hydrogen-bond donors (Lipinski definition) is 1. The smallest absolute Gasteiger partial charge is 0.290 e. The molecule has 5 nitrogen and oxygen atoms in total. The van der Waals surface area contributed by atoms with Crippen LogP contribution in [0.15, 0.2) is 53.2 Å². The van der Waals surface area contributed by atoms with Gasteiger partial charge in [0, 0.05) is 13.5 Å². The summed E-state index contributed by atoms with van der Waals surface area (Å²) < 4.78 is 65.4. The van der Waals surface area contributed by atoms with Crippen LogP contribution >= 0.6 is 23.8 Å². The van der Waals surface area contributed by atoms with E-state index < -0.39 is 29.7 Å². The molecule has 11 heteroatoms. The van der Waals surface area contributed by atoms with Crippen LogP contribution in [-0.2, 0) is 5.92 Å². The molecule has 1 N–H and O–H groups in total. The van der Waals surface area contributed by atoms with Gasteiger partial charge in [0.1, 0.15) is 28.0 Å². The van der Waals surface area contributed by atoms with Crippen molar-refractivity contribution in [2.45, 2.75) is 19.3 Å². The van der Waals surface area contributed by atoms with Crippen molar-refractivity contribution in [3.05, 3.63) is 76.6 Å². The highest BCUT2D eigenvalue weighted by atomic mass is 35.5. The molecule has 0 saturated carbocycles. The van der Waals surface area contributed by atoms with Crippen molar-refractivity contribution in [3.8, 4) is 28.3 Å². The molecular formula is C23H17ClF4N4OS. The van der Waals surface area contributed by atoms with Gasteiger partial charge in [-0.15, -0.1) is 0 Å². The van der Waals surface area contributed by atoms with Gasteiger partial charge in [0.25, 0.3) is 5.92 Å². The van der Waals surface area contributed by atoms with Crippen LogP contribution in [0.25, 0.3) is 28.3 Å². The van der Waals surface area contributed by atoms with Crippen LogP contribution in [0, 0.1) is 11.6 Å². The normalized spacial score (nSPS) is 11.6. The zero-order valence-corrected chi connectivity index (χ0v) is 19.4. The van der Waals surface area contributed by atoms with Crippen LogP contribution in [0.3, 0.4) is 0 Å². The number of nitrogens with one attached hydrogen (secondary N) is 1. The predicted molar refractivity (Wildman–Crippen MR) is 124 cm³/mol. The standard InChI is InChI=1S/C23H17ClF4N4OS/c1-3-23(27,28)21-14(11-30-32(21)13-7-4-6-12(25)10-13)20-18(22(34)29-2)19(31-33-20)17-15(24)8-5-9-16(17)26/h4-11H,3H2,1-2H3,(H,29,34). The summed E-state index contributed by atoms with van der Waals surface area (Å²) in [5, 5.41) is 10.8. The van der Waals surface area contributed by atoms with Gasteiger partial charge < -0.3 is 9.84 Å². The van der Waals surface area contributed by atoms with E-state index in [9.17, 15) is 8.78 Å². The van der Waals surface area contributed by atoms with E-state index in [1.54, 1.807) is 0 Å². The molecule has 0 bridgehead atoms. The number of rotatable bonds is 6. The fraction of sp³-hybridized carbons (Fsp3) is 0.174. The van der Waals surface area contributed by atoms with Crippen molar-refractivity contribution >= 4 is 28.8 Å². The van der Waals surface area contributed by atoms with E-state index in [1.165, 1.54) is 50.4 Å². The summed E-state index contributed by atoms with van der Waals surface area (Å²) in [7, 11) is 1.52. The first-order valence-electron chi connectivity index (χ1n) is 10.1. The van der Waals surface area contributed by atoms with Crippen LogP contribution in [0.1, 0.15) is 24.6 Å². The quantitative estimate of drug-likeness (QED) is 0.237. The molecule has 0 unspecified atom stereocenters. The maximum atomic E-state index is 15.2. The third-order valence-corrected chi connectivity index (χ3v) is 5.93. The minimum atomic E-state index is -3.39. The molecule has 0 aliphatic heterocycles. The van der Waals surface area contributed by atoms with Crippen LogP contribution in [0.2, 0.25) is 5.02 Å². The molecule has 0 aliphatic rings. The van der Waals surface area contributed by atoms with E-state index in [1.807, 2.05) is 0 Å². The van der Waals surface area contributed by atoms with Gasteiger partial charge in [-0.25, -0.2) is 13.5 Å². The molecule has 2 heterocycles. The highest BCUT2D eigenvalue weighted by Gasteiger charge is 2.40. The molecule has 0 atom stereocenters. The molecule has 0 fully saturated rings. The summed E-state index contributed by atoms with van der Waals surface area (Å²) in [4.78, 5) is 0.0647. The fourth-order valence-corrected chi connectivity index (χ4v) is 3.98. The largest absolute Gasteiger partial charge is 0.379 e. The monoisotopic (exact) mass is 508 g/mol. The van der Waals surface area contributed by atoms with Crippen LogP contribution in [-0.4, -0.2) is 27.0 Å². The number of hydrogen-bond acceptors (Lipinski definition) is 4. The Bertz CT molecular complexity index is 1370. The average molecular weight is 509 g/mol. The molecule has 0 spiro atoms. The minimum absolute atomic E-state index is 0.0366. The summed E-state index contributed by atoms with van der Waals surface area (Å²) in [5.74, 6) is -4.85. The van der Waals surface area contributed by atoms with Gasteiger partial charge in [0.15, 0.2) is 5.76 Å². The maximum absolute atomic E-state index is 15.2. The number of benzene rings is 2. The van der Waals surface area contributed by atoms with Crippen molar-refractivity contribution in [2.24, 2.45) is 0 Å². The highest BCUT2D eigenvalue weighted by molar-refractivity contribution is 7.80. The number of alkyl halides is 2. The third kappa shape index (κ3) is 4.07. The molecule has 2 aromatic carbocycles. The fourth-order valence-electron chi connectivity index (χ4n) is 3.54. The predicted octanol–water partition coefficient (Wildman–Crippen LogP) is 6.52. The zero-order valence-electron chi connectivity index (χ0n) is 17.9. The van der Waals surface area contributed by atoms with Crippen molar-refractivity contribution in [1.82, 2.24) is 20.3 Å². The first-order valence-corrected chi connectivity index (χ1v) is 10.9. The third-order valence-electron chi connectivity index (χ3n) is 5.20. The van der Waals surface area contributed by atoms with E-state index >= 15 is 8.78 Å². The Labute approximate surface area is 202 Å². The van der Waals surface area contributed by atoms with Crippen molar-refractivity contribution in [3.63, 3.8) is 0 Å². The maximum Gasteiger partial charge on any atom is 0.290 e. The Morgan fingerprint density at radius 1 is 1.21 bits per heavy atom.